The van der Waals surface area contributed by atoms with Crippen molar-refractivity contribution in [2.45, 2.75) is 6.61 Å². The number of hydrogen-bond donors (Lipinski definition) is 2. The van der Waals surface area contributed by atoms with Gasteiger partial charge in [-0.3, -0.25) is 0 Å². The Bertz CT molecular complexity index is 712. The number of ether oxygens (including phenoxy) is 2. The zero-order valence-electron chi connectivity index (χ0n) is 13.0. The van der Waals surface area contributed by atoms with Crippen molar-refractivity contribution < 1.29 is 14.6 Å². The lowest BCUT2D eigenvalue weighted by atomic mass is 10.0. The second kappa shape index (κ2) is 6.54. The fourth-order valence-corrected chi connectivity index (χ4v) is 2.42. The van der Waals surface area contributed by atoms with Crippen molar-refractivity contribution in [1.82, 2.24) is 9.97 Å². The van der Waals surface area contributed by atoms with Gasteiger partial charge in [-0.2, -0.15) is 0 Å². The molecule has 3 rings (SSSR count). The van der Waals surface area contributed by atoms with Crippen molar-refractivity contribution in [2.75, 3.05) is 14.2 Å². The normalized spacial score (nSPS) is 10.6. The van der Waals surface area contributed by atoms with E-state index in [2.05, 4.69) is 9.97 Å². The first-order valence-corrected chi connectivity index (χ1v) is 7.23. The maximum Gasteiger partial charge on any atom is 0.133 e. The third kappa shape index (κ3) is 3.05. The fourth-order valence-electron chi connectivity index (χ4n) is 2.42. The zero-order valence-corrected chi connectivity index (χ0v) is 13.0. The average molecular weight is 310 g/mol. The molecule has 0 atom stereocenters. The highest BCUT2D eigenvalue weighted by molar-refractivity contribution is 5.78. The van der Waals surface area contributed by atoms with Gasteiger partial charge in [0.15, 0.2) is 0 Å². The number of aromatic amines is 1. The highest BCUT2D eigenvalue weighted by Gasteiger charge is 2.14. The SMILES string of the molecule is COc1ccc(-c2nc(CO)[nH]c2-c2ccc(OC)cc2)cc1. The number of aromatic nitrogens is 2. The van der Waals surface area contributed by atoms with E-state index in [1.807, 2.05) is 48.5 Å². The summed E-state index contributed by atoms with van der Waals surface area (Å²) >= 11 is 0. The Morgan fingerprint density at radius 3 is 1.87 bits per heavy atom. The van der Waals surface area contributed by atoms with Crippen LogP contribution in [0.5, 0.6) is 11.5 Å². The summed E-state index contributed by atoms with van der Waals surface area (Å²) in [5, 5.41) is 9.40. The van der Waals surface area contributed by atoms with Gasteiger partial charge in [-0.1, -0.05) is 0 Å². The molecule has 23 heavy (non-hydrogen) atoms. The lowest BCUT2D eigenvalue weighted by Gasteiger charge is -2.06. The van der Waals surface area contributed by atoms with Gasteiger partial charge in [0.1, 0.15) is 23.9 Å². The van der Waals surface area contributed by atoms with Crippen molar-refractivity contribution in [3.8, 4) is 34.0 Å². The van der Waals surface area contributed by atoms with Crippen LogP contribution in [0.15, 0.2) is 48.5 Å². The van der Waals surface area contributed by atoms with Crippen molar-refractivity contribution in [3.05, 3.63) is 54.4 Å². The number of methoxy groups -OCH3 is 2. The molecule has 2 aromatic carbocycles. The van der Waals surface area contributed by atoms with Crippen molar-refractivity contribution in [2.24, 2.45) is 0 Å². The van der Waals surface area contributed by atoms with Gasteiger partial charge in [0.25, 0.3) is 0 Å². The number of nitrogens with one attached hydrogen (secondary N) is 1. The topological polar surface area (TPSA) is 67.4 Å². The zero-order chi connectivity index (χ0) is 16.2. The summed E-state index contributed by atoms with van der Waals surface area (Å²) in [5.74, 6) is 2.11. The van der Waals surface area contributed by atoms with Crippen molar-refractivity contribution >= 4 is 0 Å². The van der Waals surface area contributed by atoms with E-state index < -0.39 is 0 Å². The number of hydrogen-bond acceptors (Lipinski definition) is 4. The van der Waals surface area contributed by atoms with Gasteiger partial charge in [0, 0.05) is 11.1 Å². The summed E-state index contributed by atoms with van der Waals surface area (Å²) in [4.78, 5) is 7.67. The molecule has 0 spiro atoms. The third-order valence-corrected chi connectivity index (χ3v) is 3.64. The molecule has 1 heterocycles. The Balaban J connectivity index is 2.06. The van der Waals surface area contributed by atoms with Crippen LogP contribution in [0.3, 0.4) is 0 Å². The molecule has 118 valence electrons. The summed E-state index contributed by atoms with van der Waals surface area (Å²) in [6.45, 7) is -0.140. The predicted molar refractivity (Wildman–Crippen MR) is 88.5 cm³/mol. The molecule has 5 heteroatoms. The molecular weight excluding hydrogens is 292 g/mol. The highest BCUT2D eigenvalue weighted by Crippen LogP contribution is 2.32. The lowest BCUT2D eigenvalue weighted by molar-refractivity contribution is 0.272. The molecule has 0 saturated carbocycles. The van der Waals surface area contributed by atoms with E-state index >= 15 is 0 Å². The maximum atomic E-state index is 9.40. The van der Waals surface area contributed by atoms with Gasteiger partial charge < -0.3 is 19.6 Å². The van der Waals surface area contributed by atoms with Gasteiger partial charge in [0.05, 0.1) is 25.6 Å². The van der Waals surface area contributed by atoms with Crippen molar-refractivity contribution in [3.63, 3.8) is 0 Å². The monoisotopic (exact) mass is 310 g/mol. The fraction of sp³-hybridized carbons (Fsp3) is 0.167. The second-order valence-corrected chi connectivity index (χ2v) is 5.02. The van der Waals surface area contributed by atoms with E-state index in [4.69, 9.17) is 9.47 Å². The molecule has 5 nitrogen and oxygen atoms in total. The summed E-state index contributed by atoms with van der Waals surface area (Å²) in [7, 11) is 3.27. The molecule has 1 aromatic heterocycles. The number of H-pyrrole nitrogens is 1. The number of benzene rings is 2. The lowest BCUT2D eigenvalue weighted by Crippen LogP contribution is -1.87. The number of imidazole rings is 1. The van der Waals surface area contributed by atoms with Crippen LogP contribution >= 0.6 is 0 Å². The minimum atomic E-state index is -0.140. The molecule has 0 aliphatic rings. The first-order chi connectivity index (χ1) is 11.2. The van der Waals surface area contributed by atoms with Crippen LogP contribution in [0.4, 0.5) is 0 Å². The van der Waals surface area contributed by atoms with Crippen LogP contribution in [-0.4, -0.2) is 29.3 Å². The first kappa shape index (κ1) is 15.1. The van der Waals surface area contributed by atoms with Gasteiger partial charge >= 0.3 is 0 Å². The van der Waals surface area contributed by atoms with E-state index in [1.54, 1.807) is 14.2 Å². The van der Waals surface area contributed by atoms with E-state index in [0.717, 1.165) is 34.0 Å². The van der Waals surface area contributed by atoms with Gasteiger partial charge in [-0.05, 0) is 48.5 Å². The maximum absolute atomic E-state index is 9.40. The molecule has 0 radical (unpaired) electrons. The second-order valence-electron chi connectivity index (χ2n) is 5.02. The Labute approximate surface area is 134 Å². The molecule has 2 N–H and O–H groups in total. The van der Waals surface area contributed by atoms with Crippen LogP contribution in [0.2, 0.25) is 0 Å². The number of rotatable bonds is 5. The third-order valence-electron chi connectivity index (χ3n) is 3.64. The highest BCUT2D eigenvalue weighted by atomic mass is 16.5. The largest absolute Gasteiger partial charge is 0.497 e. The van der Waals surface area contributed by atoms with Crippen LogP contribution in [-0.2, 0) is 6.61 Å². The minimum absolute atomic E-state index is 0.140. The standard InChI is InChI=1S/C18H18N2O3/c1-22-14-7-3-12(4-8-14)17-18(20-16(11-21)19-17)13-5-9-15(23-2)10-6-13/h3-10,21H,11H2,1-2H3,(H,19,20). The Morgan fingerprint density at radius 2 is 1.39 bits per heavy atom. The number of aliphatic hydroxyl groups is 1. The summed E-state index contributed by atoms with van der Waals surface area (Å²) < 4.78 is 10.4. The van der Waals surface area contributed by atoms with E-state index in [-0.39, 0.29) is 6.61 Å². The van der Waals surface area contributed by atoms with Gasteiger partial charge in [-0.15, -0.1) is 0 Å². The van der Waals surface area contributed by atoms with Crippen LogP contribution < -0.4 is 9.47 Å². The molecule has 0 fully saturated rings. The molecule has 0 bridgehead atoms. The predicted octanol–water partition coefficient (Wildman–Crippen LogP) is 3.25. The van der Waals surface area contributed by atoms with Gasteiger partial charge in [0.2, 0.25) is 0 Å². The molecule has 0 unspecified atom stereocenters. The van der Waals surface area contributed by atoms with E-state index in [9.17, 15) is 5.11 Å². The Morgan fingerprint density at radius 1 is 0.870 bits per heavy atom. The minimum Gasteiger partial charge on any atom is -0.497 e. The Kier molecular flexibility index (Phi) is 4.30. The molecule has 0 saturated heterocycles. The molecule has 0 aliphatic carbocycles. The summed E-state index contributed by atoms with van der Waals surface area (Å²) in [5.41, 5.74) is 3.58. The van der Waals surface area contributed by atoms with E-state index in [1.165, 1.54) is 0 Å². The van der Waals surface area contributed by atoms with Crippen LogP contribution in [0.1, 0.15) is 5.82 Å². The van der Waals surface area contributed by atoms with Gasteiger partial charge in [-0.25, -0.2) is 4.98 Å². The molecule has 0 aliphatic heterocycles. The molecular formula is C18H18N2O3. The van der Waals surface area contributed by atoms with Crippen molar-refractivity contribution in [1.29, 1.82) is 0 Å². The Hall–Kier alpha value is -2.79. The summed E-state index contributed by atoms with van der Waals surface area (Å²) in [6.07, 6.45) is 0. The first-order valence-electron chi connectivity index (χ1n) is 7.23. The quantitative estimate of drug-likeness (QED) is 0.759. The van der Waals surface area contributed by atoms with E-state index in [0.29, 0.717) is 5.82 Å². The van der Waals surface area contributed by atoms with Crippen LogP contribution in [0, 0.1) is 0 Å². The smallest absolute Gasteiger partial charge is 0.133 e. The molecule has 0 amide bonds. The number of nitrogens with zero attached hydrogens (tertiary/aromatic N) is 1. The molecule has 3 aromatic rings. The summed E-state index contributed by atoms with van der Waals surface area (Å²) in [6, 6.07) is 15.4. The van der Waals surface area contributed by atoms with Crippen LogP contribution in [0.25, 0.3) is 22.5 Å². The average Bonchev–Trinajstić information content (AvgIpc) is 3.06. The number of aliphatic hydroxyl groups excluding tert-OH is 1.